The zero-order valence-corrected chi connectivity index (χ0v) is 17.0. The molecule has 1 aliphatic rings. The lowest BCUT2D eigenvalue weighted by molar-refractivity contribution is -0.143. The maximum atomic E-state index is 12.7. The molecular formula is C22H24N4O5. The van der Waals surface area contributed by atoms with Crippen LogP contribution < -0.4 is 21.1 Å². The number of hydrogen-bond acceptors (Lipinski definition) is 6. The van der Waals surface area contributed by atoms with Crippen molar-refractivity contribution >= 4 is 23.6 Å². The zero-order chi connectivity index (χ0) is 22.4. The van der Waals surface area contributed by atoms with Gasteiger partial charge < -0.3 is 25.8 Å². The fraction of sp³-hybridized carbons (Fsp3) is 0.273. The number of hydrogen-bond donors (Lipinski definition) is 4. The third-order valence-electron chi connectivity index (χ3n) is 4.96. The number of amides is 2. The second kappa shape index (κ2) is 9.75. The number of ether oxygens (including phenoxy) is 2. The van der Waals surface area contributed by atoms with Crippen LogP contribution in [0.15, 0.2) is 48.5 Å². The number of para-hydroxylation sites is 1. The highest BCUT2D eigenvalue weighted by molar-refractivity contribution is 5.97. The van der Waals surface area contributed by atoms with Gasteiger partial charge in [-0.15, -0.1) is 0 Å². The Hall–Kier alpha value is -3.88. The van der Waals surface area contributed by atoms with Gasteiger partial charge >= 0.3 is 5.97 Å². The Morgan fingerprint density at radius 2 is 1.90 bits per heavy atom. The smallest absolute Gasteiger partial charge is 0.306 e. The molecule has 3 rings (SSSR count). The minimum Gasteiger partial charge on any atom is -0.469 e. The third kappa shape index (κ3) is 5.59. The molecule has 1 heterocycles. The number of esters is 1. The van der Waals surface area contributed by atoms with Crippen LogP contribution in [0, 0.1) is 11.3 Å². The second-order valence-electron chi connectivity index (χ2n) is 7.16. The van der Waals surface area contributed by atoms with E-state index in [9.17, 15) is 14.4 Å². The van der Waals surface area contributed by atoms with E-state index in [1.165, 1.54) is 7.11 Å². The van der Waals surface area contributed by atoms with Gasteiger partial charge in [0.25, 0.3) is 5.91 Å². The van der Waals surface area contributed by atoms with Crippen molar-refractivity contribution in [1.29, 1.82) is 5.41 Å². The summed E-state index contributed by atoms with van der Waals surface area (Å²) in [6.07, 6.45) is 0.459. The Balaban J connectivity index is 1.60. The van der Waals surface area contributed by atoms with Crippen LogP contribution in [0.2, 0.25) is 0 Å². The lowest BCUT2D eigenvalue weighted by Crippen LogP contribution is -2.38. The maximum Gasteiger partial charge on any atom is 0.306 e. The topological polar surface area (TPSA) is 144 Å². The van der Waals surface area contributed by atoms with E-state index in [0.29, 0.717) is 29.0 Å². The van der Waals surface area contributed by atoms with Gasteiger partial charge in [0.2, 0.25) is 5.91 Å². The van der Waals surface area contributed by atoms with Crippen molar-refractivity contribution in [3.05, 3.63) is 59.7 Å². The summed E-state index contributed by atoms with van der Waals surface area (Å²) in [5.74, 6) is -0.632. The van der Waals surface area contributed by atoms with Crippen molar-refractivity contribution in [2.24, 2.45) is 11.7 Å². The Morgan fingerprint density at radius 1 is 1.19 bits per heavy atom. The van der Waals surface area contributed by atoms with Crippen LogP contribution in [0.5, 0.6) is 11.5 Å². The number of carbonyl (C=O) groups excluding carboxylic acids is 3. The predicted molar refractivity (Wildman–Crippen MR) is 113 cm³/mol. The molecule has 0 saturated carbocycles. The van der Waals surface area contributed by atoms with Gasteiger partial charge in [0.1, 0.15) is 17.3 Å². The molecule has 31 heavy (non-hydrogen) atoms. The second-order valence-corrected chi connectivity index (χ2v) is 7.16. The number of nitrogens with one attached hydrogen (secondary N) is 3. The van der Waals surface area contributed by atoms with Crippen LogP contribution in [0.25, 0.3) is 0 Å². The molecule has 162 valence electrons. The number of carbonyl (C=O) groups is 3. The largest absolute Gasteiger partial charge is 0.469 e. The van der Waals surface area contributed by atoms with Crippen molar-refractivity contribution < 1.29 is 23.9 Å². The van der Waals surface area contributed by atoms with E-state index in [1.807, 2.05) is 0 Å². The third-order valence-corrected chi connectivity index (χ3v) is 4.96. The molecule has 5 N–H and O–H groups in total. The lowest BCUT2D eigenvalue weighted by atomic mass is 10.0. The number of amidine groups is 1. The maximum absolute atomic E-state index is 12.7. The van der Waals surface area contributed by atoms with E-state index < -0.39 is 11.9 Å². The fourth-order valence-electron chi connectivity index (χ4n) is 3.31. The standard InChI is InChI=1S/C22H24N4O5/c1-30-19(27)11-14-10-15(26-21(14)28)12-25-22(29)17-4-2-3-5-18(17)31-16-8-6-13(7-9-16)20(23)24/h2-9,14-15H,10-12H2,1H3,(H3,23,24)(H,25,29)(H,26,28)/t14-,15-/m0/s1. The molecule has 0 aromatic heterocycles. The van der Waals surface area contributed by atoms with Crippen LogP contribution in [-0.2, 0) is 14.3 Å². The molecule has 0 unspecified atom stereocenters. The molecule has 2 amide bonds. The van der Waals surface area contributed by atoms with E-state index >= 15 is 0 Å². The Labute approximate surface area is 179 Å². The molecule has 2 aromatic rings. The summed E-state index contributed by atoms with van der Waals surface area (Å²) < 4.78 is 10.4. The van der Waals surface area contributed by atoms with Crippen molar-refractivity contribution in [2.75, 3.05) is 13.7 Å². The van der Waals surface area contributed by atoms with Gasteiger partial charge in [-0.1, -0.05) is 12.1 Å². The van der Waals surface area contributed by atoms with Gasteiger partial charge in [0, 0.05) is 18.2 Å². The van der Waals surface area contributed by atoms with Gasteiger partial charge in [0.05, 0.1) is 25.0 Å². The Kier molecular flexibility index (Phi) is 6.86. The van der Waals surface area contributed by atoms with E-state index in [4.69, 9.17) is 15.9 Å². The zero-order valence-electron chi connectivity index (χ0n) is 17.0. The van der Waals surface area contributed by atoms with Crippen LogP contribution in [0.1, 0.15) is 28.8 Å². The monoisotopic (exact) mass is 424 g/mol. The number of rotatable bonds is 8. The summed E-state index contributed by atoms with van der Waals surface area (Å²) >= 11 is 0. The first-order chi connectivity index (χ1) is 14.9. The molecule has 1 aliphatic heterocycles. The van der Waals surface area contributed by atoms with Gasteiger partial charge in [0.15, 0.2) is 0 Å². The number of methoxy groups -OCH3 is 1. The minimum absolute atomic E-state index is 0.0197. The fourth-order valence-corrected chi connectivity index (χ4v) is 3.31. The van der Waals surface area contributed by atoms with Crippen LogP contribution in [-0.4, -0.2) is 43.3 Å². The van der Waals surface area contributed by atoms with Gasteiger partial charge in [-0.3, -0.25) is 19.8 Å². The highest BCUT2D eigenvalue weighted by atomic mass is 16.5. The number of nitrogen functional groups attached to an aromatic ring is 1. The highest BCUT2D eigenvalue weighted by Crippen LogP contribution is 2.26. The summed E-state index contributed by atoms with van der Waals surface area (Å²) in [5.41, 5.74) is 6.37. The first-order valence-electron chi connectivity index (χ1n) is 9.74. The molecule has 0 aliphatic carbocycles. The molecule has 0 bridgehead atoms. The molecule has 2 aromatic carbocycles. The predicted octanol–water partition coefficient (Wildman–Crippen LogP) is 1.56. The van der Waals surface area contributed by atoms with Gasteiger partial charge in [-0.25, -0.2) is 0 Å². The van der Waals surface area contributed by atoms with E-state index in [2.05, 4.69) is 15.4 Å². The summed E-state index contributed by atoms with van der Waals surface area (Å²) in [6.45, 7) is 0.226. The van der Waals surface area contributed by atoms with Gasteiger partial charge in [-0.2, -0.15) is 0 Å². The van der Waals surface area contributed by atoms with E-state index in [0.717, 1.165) is 0 Å². The first-order valence-corrected chi connectivity index (χ1v) is 9.74. The Morgan fingerprint density at radius 3 is 2.58 bits per heavy atom. The molecule has 9 nitrogen and oxygen atoms in total. The summed E-state index contributed by atoms with van der Waals surface area (Å²) in [4.78, 5) is 36.1. The minimum atomic E-state index is -0.456. The molecule has 1 fully saturated rings. The molecule has 2 atom stereocenters. The van der Waals surface area contributed by atoms with E-state index in [-0.39, 0.29) is 36.7 Å². The highest BCUT2D eigenvalue weighted by Gasteiger charge is 2.33. The molecule has 0 radical (unpaired) electrons. The number of nitrogens with two attached hydrogens (primary N) is 1. The van der Waals surface area contributed by atoms with Gasteiger partial charge in [-0.05, 0) is 42.8 Å². The molecular weight excluding hydrogens is 400 g/mol. The number of benzene rings is 2. The molecule has 0 spiro atoms. The van der Waals surface area contributed by atoms with Crippen LogP contribution >= 0.6 is 0 Å². The Bertz CT molecular complexity index is 990. The van der Waals surface area contributed by atoms with Crippen molar-refractivity contribution in [3.8, 4) is 11.5 Å². The average Bonchev–Trinajstić information content (AvgIpc) is 3.11. The van der Waals surface area contributed by atoms with Crippen LogP contribution in [0.4, 0.5) is 0 Å². The molecule has 9 heteroatoms. The SMILES string of the molecule is COC(=O)C[C@@H]1C[C@@H](CNC(=O)c2ccccc2Oc2ccc(C(=N)N)cc2)NC1=O. The van der Waals surface area contributed by atoms with Crippen molar-refractivity contribution in [1.82, 2.24) is 10.6 Å². The summed E-state index contributed by atoms with van der Waals surface area (Å²) in [7, 11) is 1.28. The van der Waals surface area contributed by atoms with Crippen molar-refractivity contribution in [3.63, 3.8) is 0 Å². The quantitative estimate of drug-likeness (QED) is 0.288. The molecule has 1 saturated heterocycles. The first kappa shape index (κ1) is 21.8. The normalized spacial score (nSPS) is 17.5. The van der Waals surface area contributed by atoms with E-state index in [1.54, 1.807) is 48.5 Å². The summed E-state index contributed by atoms with van der Waals surface area (Å²) in [6, 6.07) is 13.2. The lowest BCUT2D eigenvalue weighted by Gasteiger charge is -2.14. The summed E-state index contributed by atoms with van der Waals surface area (Å²) in [5, 5.41) is 13.0. The van der Waals surface area contributed by atoms with Crippen LogP contribution in [0.3, 0.4) is 0 Å². The van der Waals surface area contributed by atoms with Crippen molar-refractivity contribution in [2.45, 2.75) is 18.9 Å². The average molecular weight is 424 g/mol.